The van der Waals surface area contributed by atoms with Gasteiger partial charge < -0.3 is 9.73 Å². The highest BCUT2D eigenvalue weighted by molar-refractivity contribution is 6.01. The van der Waals surface area contributed by atoms with Crippen LogP contribution in [0.5, 0.6) is 0 Å². The highest BCUT2D eigenvalue weighted by Gasteiger charge is 2.17. The second-order valence-electron chi connectivity index (χ2n) is 4.64. The maximum absolute atomic E-state index is 11.8. The normalized spacial score (nSPS) is 10.7. The Labute approximate surface area is 137 Å². The van der Waals surface area contributed by atoms with Crippen molar-refractivity contribution in [2.45, 2.75) is 0 Å². The molecule has 1 aromatic carbocycles. The van der Waals surface area contributed by atoms with Gasteiger partial charge in [-0.05, 0) is 18.2 Å². The van der Waals surface area contributed by atoms with Gasteiger partial charge in [0.15, 0.2) is 0 Å². The van der Waals surface area contributed by atoms with Crippen molar-refractivity contribution in [1.82, 2.24) is 5.32 Å². The number of rotatable bonds is 6. The van der Waals surface area contributed by atoms with Crippen molar-refractivity contribution in [3.8, 4) is 17.4 Å². The van der Waals surface area contributed by atoms with Gasteiger partial charge in [0.25, 0.3) is 11.6 Å². The SMILES string of the molecule is C=CCNC(=O)C(C#N)=Cc1ccc(-c2ccccc2[N+](=O)[O-])o1. The number of furan rings is 1. The molecular formula is C17H13N3O4. The Bertz CT molecular complexity index is 859. The average Bonchev–Trinajstić information content (AvgIpc) is 3.06. The van der Waals surface area contributed by atoms with Crippen LogP contribution < -0.4 is 5.32 Å². The molecule has 2 rings (SSSR count). The summed E-state index contributed by atoms with van der Waals surface area (Å²) in [6.45, 7) is 3.70. The maximum Gasteiger partial charge on any atom is 0.280 e. The number of hydrogen-bond acceptors (Lipinski definition) is 5. The molecular weight excluding hydrogens is 310 g/mol. The van der Waals surface area contributed by atoms with E-state index >= 15 is 0 Å². The molecule has 0 radical (unpaired) electrons. The van der Waals surface area contributed by atoms with Gasteiger partial charge in [0.1, 0.15) is 23.2 Å². The number of benzene rings is 1. The van der Waals surface area contributed by atoms with Gasteiger partial charge in [-0.1, -0.05) is 18.2 Å². The third kappa shape index (κ3) is 3.75. The number of carbonyl (C=O) groups is 1. The summed E-state index contributed by atoms with van der Waals surface area (Å²) in [5, 5.41) is 22.6. The second kappa shape index (κ2) is 7.56. The summed E-state index contributed by atoms with van der Waals surface area (Å²) < 4.78 is 5.52. The van der Waals surface area contributed by atoms with Crippen LogP contribution in [-0.2, 0) is 4.79 Å². The van der Waals surface area contributed by atoms with Crippen LogP contribution in [0.15, 0.2) is 59.0 Å². The Balaban J connectivity index is 2.33. The molecule has 0 unspecified atom stereocenters. The minimum absolute atomic E-state index is 0.0911. The first kappa shape index (κ1) is 16.7. The Hall–Kier alpha value is -3.66. The summed E-state index contributed by atoms with van der Waals surface area (Å²) in [4.78, 5) is 22.3. The first-order valence-electron chi connectivity index (χ1n) is 6.91. The van der Waals surface area contributed by atoms with Crippen molar-refractivity contribution >= 4 is 17.7 Å². The molecule has 0 saturated carbocycles. The second-order valence-corrected chi connectivity index (χ2v) is 4.64. The van der Waals surface area contributed by atoms with Crippen LogP contribution in [0.25, 0.3) is 17.4 Å². The first-order chi connectivity index (χ1) is 11.6. The van der Waals surface area contributed by atoms with E-state index < -0.39 is 10.8 Å². The standard InChI is InChI=1S/C17H13N3O4/c1-2-9-19-17(21)12(11-18)10-13-7-8-16(24-13)14-5-3-4-6-15(14)20(22)23/h2-8,10H,1,9H2,(H,19,21). The molecule has 0 bridgehead atoms. The van der Waals surface area contributed by atoms with Gasteiger partial charge in [-0.25, -0.2) is 0 Å². The highest BCUT2D eigenvalue weighted by Crippen LogP contribution is 2.31. The van der Waals surface area contributed by atoms with Crippen molar-refractivity contribution in [2.75, 3.05) is 6.54 Å². The zero-order valence-corrected chi connectivity index (χ0v) is 12.6. The minimum atomic E-state index is -0.555. The first-order valence-corrected chi connectivity index (χ1v) is 6.91. The summed E-state index contributed by atoms with van der Waals surface area (Å²) in [7, 11) is 0. The van der Waals surface area contributed by atoms with E-state index in [4.69, 9.17) is 9.68 Å². The lowest BCUT2D eigenvalue weighted by atomic mass is 10.1. The van der Waals surface area contributed by atoms with Crippen molar-refractivity contribution < 1.29 is 14.1 Å². The fourth-order valence-corrected chi connectivity index (χ4v) is 1.97. The van der Waals surface area contributed by atoms with Gasteiger partial charge in [0.2, 0.25) is 0 Å². The van der Waals surface area contributed by atoms with E-state index in [0.29, 0.717) is 5.56 Å². The number of nitriles is 1. The molecule has 0 spiro atoms. The molecule has 7 heteroatoms. The van der Waals surface area contributed by atoms with Crippen LogP contribution in [0.1, 0.15) is 5.76 Å². The Morgan fingerprint density at radius 3 is 2.79 bits per heavy atom. The lowest BCUT2D eigenvalue weighted by molar-refractivity contribution is -0.384. The summed E-state index contributed by atoms with van der Waals surface area (Å²) in [6, 6.07) is 11.0. The van der Waals surface area contributed by atoms with E-state index in [0.717, 1.165) is 0 Å². The molecule has 0 atom stereocenters. The lowest BCUT2D eigenvalue weighted by Gasteiger charge is -2.00. The van der Waals surface area contributed by atoms with E-state index in [1.54, 1.807) is 30.3 Å². The Kier molecular flexibility index (Phi) is 5.26. The molecule has 0 aliphatic rings. The molecule has 1 heterocycles. The van der Waals surface area contributed by atoms with Crippen LogP contribution in [0, 0.1) is 21.4 Å². The van der Waals surface area contributed by atoms with Crippen molar-refractivity contribution in [2.24, 2.45) is 0 Å². The number of nitrogens with zero attached hydrogens (tertiary/aromatic N) is 2. The third-order valence-corrected chi connectivity index (χ3v) is 3.05. The van der Waals surface area contributed by atoms with Gasteiger partial charge in [-0.2, -0.15) is 5.26 Å². The number of para-hydroxylation sites is 1. The quantitative estimate of drug-likeness (QED) is 0.289. The smallest absolute Gasteiger partial charge is 0.280 e. The van der Waals surface area contributed by atoms with Crippen molar-refractivity contribution in [3.63, 3.8) is 0 Å². The largest absolute Gasteiger partial charge is 0.456 e. The van der Waals surface area contributed by atoms with Gasteiger partial charge >= 0.3 is 0 Å². The third-order valence-electron chi connectivity index (χ3n) is 3.05. The predicted molar refractivity (Wildman–Crippen MR) is 87.6 cm³/mol. The van der Waals surface area contributed by atoms with Gasteiger partial charge in [0, 0.05) is 18.7 Å². The minimum Gasteiger partial charge on any atom is -0.456 e. The number of nitro benzene ring substituents is 1. The highest BCUT2D eigenvalue weighted by atomic mass is 16.6. The molecule has 0 aliphatic heterocycles. The van der Waals surface area contributed by atoms with Crippen LogP contribution in [0.3, 0.4) is 0 Å². The van der Waals surface area contributed by atoms with Crippen molar-refractivity contribution in [1.29, 1.82) is 5.26 Å². The molecule has 1 N–H and O–H groups in total. The van der Waals surface area contributed by atoms with Crippen LogP contribution in [0.4, 0.5) is 5.69 Å². The number of nitro groups is 1. The van der Waals surface area contributed by atoms with Gasteiger partial charge in [0.05, 0.1) is 10.5 Å². The van der Waals surface area contributed by atoms with E-state index in [-0.39, 0.29) is 29.3 Å². The van der Waals surface area contributed by atoms with E-state index in [2.05, 4.69) is 11.9 Å². The monoisotopic (exact) mass is 323 g/mol. The van der Waals surface area contributed by atoms with E-state index in [9.17, 15) is 14.9 Å². The van der Waals surface area contributed by atoms with Gasteiger partial charge in [-0.15, -0.1) is 6.58 Å². The number of carbonyl (C=O) groups excluding carboxylic acids is 1. The summed E-state index contributed by atoms with van der Waals surface area (Å²) in [6.07, 6.45) is 2.77. The Morgan fingerprint density at radius 1 is 1.38 bits per heavy atom. The molecule has 0 saturated heterocycles. The molecule has 0 aliphatic carbocycles. The molecule has 1 aromatic heterocycles. The van der Waals surface area contributed by atoms with Crippen LogP contribution in [-0.4, -0.2) is 17.4 Å². The number of hydrogen-bond donors (Lipinski definition) is 1. The zero-order valence-electron chi connectivity index (χ0n) is 12.6. The molecule has 120 valence electrons. The zero-order chi connectivity index (χ0) is 17.5. The van der Waals surface area contributed by atoms with E-state index in [1.807, 2.05) is 0 Å². The van der Waals surface area contributed by atoms with Crippen molar-refractivity contribution in [3.05, 3.63) is 70.5 Å². The summed E-state index contributed by atoms with van der Waals surface area (Å²) in [5.41, 5.74) is 0.0868. The molecule has 7 nitrogen and oxygen atoms in total. The van der Waals surface area contributed by atoms with E-state index in [1.165, 1.54) is 24.3 Å². The molecule has 2 aromatic rings. The fourth-order valence-electron chi connectivity index (χ4n) is 1.97. The topological polar surface area (TPSA) is 109 Å². The van der Waals surface area contributed by atoms with Gasteiger partial charge in [-0.3, -0.25) is 14.9 Å². The molecule has 0 fully saturated rings. The number of amides is 1. The fraction of sp³-hybridized carbons (Fsp3) is 0.0588. The summed E-state index contributed by atoms with van der Waals surface area (Å²) in [5.74, 6) is -0.0353. The number of nitrogens with one attached hydrogen (secondary N) is 1. The molecule has 24 heavy (non-hydrogen) atoms. The summed E-state index contributed by atoms with van der Waals surface area (Å²) >= 11 is 0. The Morgan fingerprint density at radius 2 is 2.12 bits per heavy atom. The predicted octanol–water partition coefficient (Wildman–Crippen LogP) is 3.06. The maximum atomic E-state index is 11.8. The lowest BCUT2D eigenvalue weighted by Crippen LogP contribution is -2.24. The molecule has 1 amide bonds. The average molecular weight is 323 g/mol. The van der Waals surface area contributed by atoms with Crippen LogP contribution >= 0.6 is 0 Å². The van der Waals surface area contributed by atoms with Crippen LogP contribution in [0.2, 0.25) is 0 Å².